The average molecular weight is 354 g/mol. The molecule has 0 unspecified atom stereocenters. The molecule has 0 saturated carbocycles. The highest BCUT2D eigenvalue weighted by Crippen LogP contribution is 2.41. The Balaban J connectivity index is 1.53. The van der Waals surface area contributed by atoms with Crippen molar-refractivity contribution in [3.63, 3.8) is 0 Å². The van der Waals surface area contributed by atoms with Gasteiger partial charge < -0.3 is 19.7 Å². The maximum Gasteiger partial charge on any atom is 0.251 e. The van der Waals surface area contributed by atoms with Crippen LogP contribution in [0.25, 0.3) is 0 Å². The smallest absolute Gasteiger partial charge is 0.251 e. The number of nitrogens with zero attached hydrogens (tertiary/aromatic N) is 1. The van der Waals surface area contributed by atoms with Crippen LogP contribution in [0.5, 0.6) is 11.5 Å². The van der Waals surface area contributed by atoms with Crippen molar-refractivity contribution < 1.29 is 14.3 Å². The average Bonchev–Trinajstić information content (AvgIpc) is 2.93. The first-order valence-corrected chi connectivity index (χ1v) is 8.85. The van der Waals surface area contributed by atoms with Gasteiger partial charge >= 0.3 is 0 Å². The molecule has 1 N–H and O–H groups in total. The van der Waals surface area contributed by atoms with Gasteiger partial charge in [0.15, 0.2) is 11.5 Å². The Morgan fingerprint density at radius 1 is 1.23 bits per heavy atom. The van der Waals surface area contributed by atoms with Crippen LogP contribution < -0.4 is 19.7 Å². The van der Waals surface area contributed by atoms with Crippen LogP contribution >= 0.6 is 0 Å². The van der Waals surface area contributed by atoms with Crippen molar-refractivity contribution >= 4 is 11.6 Å². The van der Waals surface area contributed by atoms with E-state index in [2.05, 4.69) is 25.2 Å². The number of rotatable bonds is 6. The third kappa shape index (κ3) is 4.10. The summed E-state index contributed by atoms with van der Waals surface area (Å²) in [7, 11) is 3.90. The van der Waals surface area contributed by atoms with Crippen LogP contribution in [0.4, 0.5) is 5.69 Å². The van der Waals surface area contributed by atoms with Crippen molar-refractivity contribution in [3.8, 4) is 11.5 Å². The molecule has 1 aliphatic rings. The number of fused-ring (bicyclic) bond motifs is 1. The normalized spacial score (nSPS) is 14.3. The molecular weight excluding hydrogens is 328 g/mol. The predicted octanol–water partition coefficient (Wildman–Crippen LogP) is 3.27. The van der Waals surface area contributed by atoms with Gasteiger partial charge in [0.1, 0.15) is 12.2 Å². The van der Waals surface area contributed by atoms with Gasteiger partial charge in [-0.25, -0.2) is 0 Å². The minimum atomic E-state index is -0.201. The van der Waals surface area contributed by atoms with E-state index in [0.717, 1.165) is 29.2 Å². The van der Waals surface area contributed by atoms with Crippen LogP contribution in [-0.4, -0.2) is 38.8 Å². The number of benzene rings is 2. The van der Waals surface area contributed by atoms with Crippen LogP contribution in [0.3, 0.4) is 0 Å². The van der Waals surface area contributed by atoms with Gasteiger partial charge in [-0.3, -0.25) is 4.79 Å². The van der Waals surface area contributed by atoms with Gasteiger partial charge in [0, 0.05) is 37.3 Å². The van der Waals surface area contributed by atoms with Crippen LogP contribution in [-0.2, 0) is 6.42 Å². The second kappa shape index (κ2) is 7.28. The molecule has 0 aliphatic carbocycles. The lowest BCUT2D eigenvalue weighted by Crippen LogP contribution is -2.28. The highest BCUT2D eigenvalue weighted by Gasteiger charge is 2.32. The van der Waals surface area contributed by atoms with Gasteiger partial charge in [-0.05, 0) is 38.1 Å². The fourth-order valence-electron chi connectivity index (χ4n) is 3.05. The number of ether oxygens (including phenoxy) is 2. The summed E-state index contributed by atoms with van der Waals surface area (Å²) in [6.45, 7) is 4.95. The molecule has 2 aromatic rings. The second-order valence-corrected chi connectivity index (χ2v) is 7.33. The molecule has 0 aromatic heterocycles. The Bertz CT molecular complexity index is 800. The Kier molecular flexibility index (Phi) is 5.07. The van der Waals surface area contributed by atoms with E-state index in [1.165, 1.54) is 0 Å². The van der Waals surface area contributed by atoms with Gasteiger partial charge in [0.2, 0.25) is 0 Å². The summed E-state index contributed by atoms with van der Waals surface area (Å²) in [5, 5.41) is 2.90. The van der Waals surface area contributed by atoms with Crippen molar-refractivity contribution in [2.75, 3.05) is 32.1 Å². The predicted molar refractivity (Wildman–Crippen MR) is 103 cm³/mol. The van der Waals surface area contributed by atoms with E-state index in [1.54, 1.807) is 0 Å². The topological polar surface area (TPSA) is 50.8 Å². The minimum absolute atomic E-state index is 0.104. The Labute approximate surface area is 154 Å². The van der Waals surface area contributed by atoms with E-state index in [-0.39, 0.29) is 11.5 Å². The lowest BCUT2D eigenvalue weighted by Gasteiger charge is -2.18. The Morgan fingerprint density at radius 3 is 2.77 bits per heavy atom. The standard InChI is InChI=1S/C21H26N2O3/c1-21(2)14-16-8-6-10-18(19(16)26-21)25-12-11-22-20(24)15-7-5-9-17(13-15)23(3)4/h5-10,13H,11-12,14H2,1-4H3,(H,22,24). The van der Waals surface area contributed by atoms with Gasteiger partial charge in [0.05, 0.1) is 6.54 Å². The molecule has 0 saturated heterocycles. The molecule has 0 spiro atoms. The molecule has 5 nitrogen and oxygen atoms in total. The maximum absolute atomic E-state index is 12.3. The molecule has 26 heavy (non-hydrogen) atoms. The third-order valence-corrected chi connectivity index (χ3v) is 4.32. The summed E-state index contributed by atoms with van der Waals surface area (Å²) >= 11 is 0. The molecule has 0 bridgehead atoms. The molecule has 0 fully saturated rings. The number of hydrogen-bond acceptors (Lipinski definition) is 4. The summed E-state index contributed by atoms with van der Waals surface area (Å²) in [6, 6.07) is 13.5. The molecule has 0 atom stereocenters. The molecule has 5 heteroatoms. The number of anilines is 1. The monoisotopic (exact) mass is 354 g/mol. The summed E-state index contributed by atoms with van der Waals surface area (Å²) in [4.78, 5) is 14.3. The second-order valence-electron chi connectivity index (χ2n) is 7.33. The van der Waals surface area contributed by atoms with E-state index in [0.29, 0.717) is 18.7 Å². The number of amides is 1. The van der Waals surface area contributed by atoms with E-state index < -0.39 is 0 Å². The minimum Gasteiger partial charge on any atom is -0.488 e. The van der Waals surface area contributed by atoms with Gasteiger partial charge in [-0.1, -0.05) is 18.2 Å². The first-order valence-electron chi connectivity index (χ1n) is 8.85. The third-order valence-electron chi connectivity index (χ3n) is 4.32. The van der Waals surface area contributed by atoms with E-state index >= 15 is 0 Å². The van der Waals surface area contributed by atoms with Gasteiger partial charge in [-0.15, -0.1) is 0 Å². The summed E-state index contributed by atoms with van der Waals surface area (Å²) in [5.74, 6) is 1.45. The molecule has 1 aliphatic heterocycles. The molecule has 0 radical (unpaired) electrons. The maximum atomic E-state index is 12.3. The number of carbonyl (C=O) groups excluding carboxylic acids is 1. The van der Waals surface area contributed by atoms with Crippen LogP contribution in [0.1, 0.15) is 29.8 Å². The van der Waals surface area contributed by atoms with Gasteiger partial charge in [0.25, 0.3) is 5.91 Å². The lowest BCUT2D eigenvalue weighted by molar-refractivity contribution is 0.0946. The Hall–Kier alpha value is -2.69. The quantitative estimate of drug-likeness (QED) is 0.809. The number of para-hydroxylation sites is 1. The van der Waals surface area contributed by atoms with Crippen molar-refractivity contribution in [1.29, 1.82) is 0 Å². The zero-order valence-corrected chi connectivity index (χ0v) is 15.8. The summed E-state index contributed by atoms with van der Waals surface area (Å²) in [5.41, 5.74) is 2.60. The van der Waals surface area contributed by atoms with Crippen LogP contribution in [0, 0.1) is 0 Å². The fourth-order valence-corrected chi connectivity index (χ4v) is 3.05. The van der Waals surface area contributed by atoms with Crippen molar-refractivity contribution in [1.82, 2.24) is 5.32 Å². The zero-order chi connectivity index (χ0) is 18.7. The summed E-state index contributed by atoms with van der Waals surface area (Å²) in [6.07, 6.45) is 0.873. The van der Waals surface area contributed by atoms with Crippen LogP contribution in [0.15, 0.2) is 42.5 Å². The molecule has 3 rings (SSSR count). The molecule has 138 valence electrons. The molecule has 1 heterocycles. The first-order chi connectivity index (χ1) is 12.4. The highest BCUT2D eigenvalue weighted by molar-refractivity contribution is 5.95. The number of carbonyl (C=O) groups is 1. The van der Waals surface area contributed by atoms with Crippen molar-refractivity contribution in [2.24, 2.45) is 0 Å². The number of hydrogen-bond donors (Lipinski definition) is 1. The fraction of sp³-hybridized carbons (Fsp3) is 0.381. The SMILES string of the molecule is CN(C)c1cccc(C(=O)NCCOc2cccc3c2OC(C)(C)C3)c1. The molecule has 1 amide bonds. The molecule has 2 aromatic carbocycles. The zero-order valence-electron chi connectivity index (χ0n) is 15.8. The summed E-state index contributed by atoms with van der Waals surface area (Å²) < 4.78 is 11.8. The molecular formula is C21H26N2O3. The lowest BCUT2D eigenvalue weighted by atomic mass is 10.0. The van der Waals surface area contributed by atoms with Gasteiger partial charge in [-0.2, -0.15) is 0 Å². The largest absolute Gasteiger partial charge is 0.488 e. The number of nitrogens with one attached hydrogen (secondary N) is 1. The highest BCUT2D eigenvalue weighted by atomic mass is 16.5. The van der Waals surface area contributed by atoms with E-state index in [9.17, 15) is 4.79 Å². The van der Waals surface area contributed by atoms with E-state index in [4.69, 9.17) is 9.47 Å². The first kappa shape index (κ1) is 18.1. The van der Waals surface area contributed by atoms with Crippen molar-refractivity contribution in [2.45, 2.75) is 25.9 Å². The Morgan fingerprint density at radius 2 is 2.00 bits per heavy atom. The van der Waals surface area contributed by atoms with E-state index in [1.807, 2.05) is 55.4 Å². The van der Waals surface area contributed by atoms with Crippen LogP contribution in [0.2, 0.25) is 0 Å². The van der Waals surface area contributed by atoms with Crippen molar-refractivity contribution in [3.05, 3.63) is 53.6 Å².